The van der Waals surface area contributed by atoms with Crippen LogP contribution in [0.3, 0.4) is 0 Å². The van der Waals surface area contributed by atoms with E-state index >= 15 is 0 Å². The minimum absolute atomic E-state index is 0.0668. The van der Waals surface area contributed by atoms with Gasteiger partial charge in [0.25, 0.3) is 0 Å². The van der Waals surface area contributed by atoms with Gasteiger partial charge in [0.2, 0.25) is 5.13 Å². The van der Waals surface area contributed by atoms with E-state index in [4.69, 9.17) is 0 Å². The van der Waals surface area contributed by atoms with E-state index in [0.717, 1.165) is 25.3 Å². The third kappa shape index (κ3) is 2.32. The molecule has 0 unspecified atom stereocenters. The lowest BCUT2D eigenvalue weighted by atomic mass is 9.96. The van der Waals surface area contributed by atoms with Crippen molar-refractivity contribution in [3.8, 4) is 0 Å². The number of aromatic nitrogens is 2. The van der Waals surface area contributed by atoms with Crippen LogP contribution in [0.5, 0.6) is 0 Å². The molecule has 0 atom stereocenters. The molecule has 0 saturated carbocycles. The Balaban J connectivity index is 1.99. The number of nitrogens with one attached hydrogen (secondary N) is 1. The van der Waals surface area contributed by atoms with E-state index in [1.165, 1.54) is 11.5 Å². The number of amides is 2. The van der Waals surface area contributed by atoms with Gasteiger partial charge in [-0.05, 0) is 6.42 Å². The molecule has 0 bridgehead atoms. The Bertz CT molecular complexity index is 392. The van der Waals surface area contributed by atoms with Gasteiger partial charge in [-0.3, -0.25) is 5.32 Å². The van der Waals surface area contributed by atoms with E-state index in [9.17, 15) is 4.79 Å². The Morgan fingerprint density at radius 3 is 2.56 bits per heavy atom. The molecule has 2 heterocycles. The Kier molecular flexibility index (Phi) is 2.84. The van der Waals surface area contributed by atoms with Crippen LogP contribution >= 0.6 is 11.5 Å². The molecule has 1 saturated heterocycles. The van der Waals surface area contributed by atoms with Gasteiger partial charge in [-0.15, -0.1) is 0 Å². The van der Waals surface area contributed by atoms with Gasteiger partial charge in [0, 0.05) is 30.0 Å². The molecule has 1 aromatic heterocycles. The van der Waals surface area contributed by atoms with Gasteiger partial charge in [0.1, 0.15) is 5.82 Å². The zero-order chi connectivity index (χ0) is 11.8. The van der Waals surface area contributed by atoms with Crippen molar-refractivity contribution in [1.29, 1.82) is 0 Å². The normalized spacial score (nSPS) is 15.8. The lowest BCUT2D eigenvalue weighted by molar-refractivity contribution is 0.181. The van der Waals surface area contributed by atoms with Crippen LogP contribution in [-0.2, 0) is 5.41 Å². The average molecular weight is 240 g/mol. The van der Waals surface area contributed by atoms with Crippen LogP contribution in [0.4, 0.5) is 9.93 Å². The fraction of sp³-hybridized carbons (Fsp3) is 0.700. The molecule has 1 aliphatic heterocycles. The van der Waals surface area contributed by atoms with Crippen molar-refractivity contribution >= 4 is 22.7 Å². The third-order valence-electron chi connectivity index (χ3n) is 2.45. The smallest absolute Gasteiger partial charge is 0.323 e. The molecular weight excluding hydrogens is 224 g/mol. The van der Waals surface area contributed by atoms with Crippen LogP contribution in [0.25, 0.3) is 0 Å². The minimum Gasteiger partial charge on any atom is -0.324 e. The molecule has 0 radical (unpaired) electrons. The van der Waals surface area contributed by atoms with Gasteiger partial charge in [0.15, 0.2) is 0 Å². The highest BCUT2D eigenvalue weighted by atomic mass is 32.1. The van der Waals surface area contributed by atoms with Crippen LogP contribution in [0, 0.1) is 0 Å². The highest BCUT2D eigenvalue weighted by Crippen LogP contribution is 2.23. The van der Waals surface area contributed by atoms with E-state index in [1.54, 1.807) is 4.90 Å². The van der Waals surface area contributed by atoms with Gasteiger partial charge in [-0.25, -0.2) is 9.78 Å². The van der Waals surface area contributed by atoms with Gasteiger partial charge in [0.05, 0.1) is 0 Å². The van der Waals surface area contributed by atoms with Crippen molar-refractivity contribution in [2.24, 2.45) is 0 Å². The molecule has 2 amide bonds. The molecular formula is C10H16N4OS. The Labute approximate surface area is 99.0 Å². The lowest BCUT2D eigenvalue weighted by Crippen LogP contribution is -2.44. The SMILES string of the molecule is CC(C)(C)c1nsc(NC(=O)N2CCC2)n1. The number of anilines is 1. The zero-order valence-electron chi connectivity index (χ0n) is 9.78. The summed E-state index contributed by atoms with van der Waals surface area (Å²) < 4.78 is 4.24. The first kappa shape index (κ1) is 11.3. The second-order valence-electron chi connectivity index (χ2n) is 4.94. The average Bonchev–Trinajstić information content (AvgIpc) is 2.47. The summed E-state index contributed by atoms with van der Waals surface area (Å²) in [6, 6.07) is -0.0668. The Hall–Kier alpha value is -1.17. The molecule has 0 aromatic carbocycles. The van der Waals surface area contributed by atoms with E-state index < -0.39 is 0 Å². The number of rotatable bonds is 1. The van der Waals surface area contributed by atoms with Crippen molar-refractivity contribution in [2.45, 2.75) is 32.6 Å². The van der Waals surface area contributed by atoms with Gasteiger partial charge < -0.3 is 4.90 Å². The van der Waals surface area contributed by atoms with Crippen LogP contribution in [0.2, 0.25) is 0 Å². The van der Waals surface area contributed by atoms with Crippen LogP contribution in [-0.4, -0.2) is 33.4 Å². The molecule has 2 rings (SSSR count). The first-order chi connectivity index (χ1) is 7.47. The molecule has 0 aliphatic carbocycles. The summed E-state index contributed by atoms with van der Waals surface area (Å²) in [5.41, 5.74) is -0.0732. The fourth-order valence-electron chi connectivity index (χ4n) is 1.27. The van der Waals surface area contributed by atoms with Crippen molar-refractivity contribution in [2.75, 3.05) is 18.4 Å². The van der Waals surface area contributed by atoms with Crippen molar-refractivity contribution in [3.05, 3.63) is 5.82 Å². The third-order valence-corrected chi connectivity index (χ3v) is 3.08. The second-order valence-corrected chi connectivity index (χ2v) is 5.70. The quantitative estimate of drug-likeness (QED) is 0.817. The predicted octanol–water partition coefficient (Wildman–Crippen LogP) is 2.07. The molecule has 1 fully saturated rings. The van der Waals surface area contributed by atoms with Gasteiger partial charge in [-0.1, -0.05) is 20.8 Å². The molecule has 5 nitrogen and oxygen atoms in total. The maximum absolute atomic E-state index is 11.6. The minimum atomic E-state index is -0.0732. The van der Waals surface area contributed by atoms with Crippen LogP contribution in [0.15, 0.2) is 0 Å². The first-order valence-electron chi connectivity index (χ1n) is 5.37. The van der Waals surface area contributed by atoms with Crippen molar-refractivity contribution in [1.82, 2.24) is 14.3 Å². The summed E-state index contributed by atoms with van der Waals surface area (Å²) in [4.78, 5) is 17.7. The summed E-state index contributed by atoms with van der Waals surface area (Å²) in [5, 5.41) is 3.35. The predicted molar refractivity (Wildman–Crippen MR) is 63.8 cm³/mol. The van der Waals surface area contributed by atoms with E-state index in [0.29, 0.717) is 5.13 Å². The Morgan fingerprint density at radius 1 is 1.44 bits per heavy atom. The number of hydrogen-bond acceptors (Lipinski definition) is 4. The van der Waals surface area contributed by atoms with Gasteiger partial charge >= 0.3 is 6.03 Å². The van der Waals surface area contributed by atoms with E-state index in [2.05, 4.69) is 35.4 Å². The number of nitrogens with zero attached hydrogens (tertiary/aromatic N) is 3. The zero-order valence-corrected chi connectivity index (χ0v) is 10.6. The van der Waals surface area contributed by atoms with E-state index in [-0.39, 0.29) is 11.4 Å². The van der Waals surface area contributed by atoms with E-state index in [1.807, 2.05) is 0 Å². The molecule has 16 heavy (non-hydrogen) atoms. The number of carbonyl (C=O) groups is 1. The lowest BCUT2D eigenvalue weighted by Gasteiger charge is -2.30. The monoisotopic (exact) mass is 240 g/mol. The maximum atomic E-state index is 11.6. The molecule has 1 aliphatic rings. The summed E-state index contributed by atoms with van der Waals surface area (Å²) in [5.74, 6) is 0.774. The summed E-state index contributed by atoms with van der Waals surface area (Å²) in [7, 11) is 0. The Morgan fingerprint density at radius 2 is 2.12 bits per heavy atom. The number of likely N-dealkylation sites (tertiary alicyclic amines) is 1. The van der Waals surface area contributed by atoms with Gasteiger partial charge in [-0.2, -0.15) is 4.37 Å². The highest BCUT2D eigenvalue weighted by molar-refractivity contribution is 7.09. The largest absolute Gasteiger partial charge is 0.324 e. The second kappa shape index (κ2) is 4.01. The number of urea groups is 1. The topological polar surface area (TPSA) is 58.1 Å². The number of carbonyl (C=O) groups excluding carboxylic acids is 1. The highest BCUT2D eigenvalue weighted by Gasteiger charge is 2.23. The van der Waals surface area contributed by atoms with Crippen molar-refractivity contribution in [3.63, 3.8) is 0 Å². The molecule has 1 aromatic rings. The number of hydrogen-bond donors (Lipinski definition) is 1. The standard InChI is InChI=1S/C10H16N4OS/c1-10(2,3)7-11-8(16-13-7)12-9(15)14-5-4-6-14/h4-6H2,1-3H3,(H,11,12,13,15). The first-order valence-corrected chi connectivity index (χ1v) is 6.14. The van der Waals surface area contributed by atoms with Crippen LogP contribution < -0.4 is 5.32 Å². The van der Waals surface area contributed by atoms with Crippen LogP contribution in [0.1, 0.15) is 33.0 Å². The fourth-order valence-corrected chi connectivity index (χ4v) is 2.02. The molecule has 88 valence electrons. The summed E-state index contributed by atoms with van der Waals surface area (Å²) >= 11 is 1.24. The van der Waals surface area contributed by atoms with Crippen molar-refractivity contribution < 1.29 is 4.79 Å². The maximum Gasteiger partial charge on any atom is 0.323 e. The summed E-state index contributed by atoms with van der Waals surface area (Å²) in [6.07, 6.45) is 1.09. The molecule has 1 N–H and O–H groups in total. The molecule has 0 spiro atoms. The molecule has 6 heteroatoms. The summed E-state index contributed by atoms with van der Waals surface area (Å²) in [6.45, 7) is 7.84.